The summed E-state index contributed by atoms with van der Waals surface area (Å²) in [4.78, 5) is 22.6. The molecule has 112 valence electrons. The van der Waals surface area contributed by atoms with Gasteiger partial charge in [-0.2, -0.15) is 0 Å². The highest BCUT2D eigenvalue weighted by atomic mass is 35.5. The van der Waals surface area contributed by atoms with Crippen molar-refractivity contribution in [1.82, 2.24) is 0 Å². The molecule has 0 aliphatic heterocycles. The van der Waals surface area contributed by atoms with E-state index in [2.05, 4.69) is 6.92 Å². The topological polar surface area (TPSA) is 74.6 Å². The fourth-order valence-corrected chi connectivity index (χ4v) is 6.53. The number of carboxylic acid groups (broad SMARTS) is 2. The first-order chi connectivity index (χ1) is 9.18. The molecule has 0 radical (unpaired) electrons. The Morgan fingerprint density at radius 2 is 1.90 bits per heavy atom. The summed E-state index contributed by atoms with van der Waals surface area (Å²) in [6, 6.07) is 0. The molecule has 4 aliphatic rings. The van der Waals surface area contributed by atoms with Crippen LogP contribution in [0.25, 0.3) is 0 Å². The molecule has 4 bridgehead atoms. The van der Waals surface area contributed by atoms with Crippen LogP contribution in [0.2, 0.25) is 0 Å². The molecule has 0 amide bonds. The number of hydrogen-bond acceptors (Lipinski definition) is 2. The SMILES string of the molecule is C[C@]12C[C@@H]3C[C@@](CC(=O)O)(C1)C[C@@]([C@H](Cl)C(=O)O)(C3)C2. The van der Waals surface area contributed by atoms with Gasteiger partial charge in [-0.1, -0.05) is 6.92 Å². The van der Waals surface area contributed by atoms with Crippen molar-refractivity contribution in [2.24, 2.45) is 22.2 Å². The second-order valence-corrected chi connectivity index (χ2v) is 8.39. The van der Waals surface area contributed by atoms with E-state index in [0.717, 1.165) is 32.1 Å². The van der Waals surface area contributed by atoms with Crippen LogP contribution in [-0.2, 0) is 9.59 Å². The molecular weight excluding hydrogens is 280 g/mol. The number of rotatable bonds is 4. The van der Waals surface area contributed by atoms with Crippen molar-refractivity contribution in [3.8, 4) is 0 Å². The minimum atomic E-state index is -0.956. The number of carbonyl (C=O) groups is 2. The maximum absolute atomic E-state index is 11.4. The van der Waals surface area contributed by atoms with Crippen LogP contribution in [0.4, 0.5) is 0 Å². The summed E-state index contributed by atoms with van der Waals surface area (Å²) in [6.07, 6.45) is 5.44. The molecule has 0 unspecified atom stereocenters. The lowest BCUT2D eigenvalue weighted by Gasteiger charge is -2.66. The number of alkyl halides is 1. The lowest BCUT2D eigenvalue weighted by Crippen LogP contribution is -2.60. The Bertz CT molecular complexity index is 478. The normalized spacial score (nSPS) is 47.2. The van der Waals surface area contributed by atoms with Crippen LogP contribution in [0.5, 0.6) is 0 Å². The van der Waals surface area contributed by atoms with Crippen LogP contribution < -0.4 is 0 Å². The third-order valence-corrected chi connectivity index (χ3v) is 6.44. The standard InChI is InChI=1S/C15H21ClO4/c1-13-2-9-3-14(6-13,5-10(17)18)8-15(4-9,7-13)11(16)12(19)20/h9,11H,2-8H2,1H3,(H,17,18)(H,19,20)/t9-,11-,13+,14-,15-/m1/s1. The van der Waals surface area contributed by atoms with E-state index >= 15 is 0 Å². The van der Waals surface area contributed by atoms with Crippen molar-refractivity contribution in [2.45, 2.75) is 57.2 Å². The lowest BCUT2D eigenvalue weighted by molar-refractivity contribution is -0.174. The minimum Gasteiger partial charge on any atom is -0.481 e. The quantitative estimate of drug-likeness (QED) is 0.782. The van der Waals surface area contributed by atoms with Crippen molar-refractivity contribution in [3.63, 3.8) is 0 Å². The molecule has 4 aliphatic carbocycles. The van der Waals surface area contributed by atoms with Gasteiger partial charge in [0.1, 0.15) is 5.38 Å². The second kappa shape index (κ2) is 4.12. The Kier molecular flexibility index (Phi) is 2.92. The largest absolute Gasteiger partial charge is 0.481 e. The van der Waals surface area contributed by atoms with Crippen LogP contribution in [0.3, 0.4) is 0 Å². The predicted molar refractivity (Wildman–Crippen MR) is 73.7 cm³/mol. The summed E-state index contributed by atoms with van der Waals surface area (Å²) in [6.45, 7) is 2.19. The predicted octanol–water partition coefficient (Wildman–Crippen LogP) is 3.13. The average Bonchev–Trinajstić information content (AvgIpc) is 2.22. The van der Waals surface area contributed by atoms with E-state index in [9.17, 15) is 19.8 Å². The van der Waals surface area contributed by atoms with E-state index in [-0.39, 0.29) is 17.3 Å². The Morgan fingerprint density at radius 3 is 2.45 bits per heavy atom. The maximum Gasteiger partial charge on any atom is 0.322 e. The fourth-order valence-electron chi connectivity index (χ4n) is 6.29. The highest BCUT2D eigenvalue weighted by Gasteiger charge is 2.64. The first-order valence-electron chi connectivity index (χ1n) is 7.26. The van der Waals surface area contributed by atoms with Gasteiger partial charge in [0, 0.05) is 0 Å². The van der Waals surface area contributed by atoms with Gasteiger partial charge < -0.3 is 10.2 Å². The molecule has 0 spiro atoms. The van der Waals surface area contributed by atoms with Gasteiger partial charge in [-0.15, -0.1) is 11.6 Å². The van der Waals surface area contributed by atoms with Crippen molar-refractivity contribution in [3.05, 3.63) is 0 Å². The summed E-state index contributed by atoms with van der Waals surface area (Å²) in [5, 5.41) is 17.7. The number of hydrogen-bond donors (Lipinski definition) is 2. The van der Waals surface area contributed by atoms with Crippen molar-refractivity contribution >= 4 is 23.5 Å². The van der Waals surface area contributed by atoms with Gasteiger partial charge >= 0.3 is 11.9 Å². The molecule has 2 N–H and O–H groups in total. The first-order valence-corrected chi connectivity index (χ1v) is 7.70. The highest BCUT2D eigenvalue weighted by Crippen LogP contribution is 2.71. The summed E-state index contributed by atoms with van der Waals surface area (Å²) in [5.41, 5.74) is -0.572. The van der Waals surface area contributed by atoms with Crippen molar-refractivity contribution in [1.29, 1.82) is 0 Å². The number of halogens is 1. The molecule has 0 saturated heterocycles. The summed E-state index contributed by atoms with van der Waals surface area (Å²) < 4.78 is 0. The number of aliphatic carboxylic acids is 2. The van der Waals surface area contributed by atoms with E-state index < -0.39 is 22.7 Å². The molecule has 4 rings (SSSR count). The third-order valence-electron chi connectivity index (χ3n) is 5.79. The van der Waals surface area contributed by atoms with Gasteiger partial charge in [-0.05, 0) is 60.7 Å². The van der Waals surface area contributed by atoms with Gasteiger partial charge in [-0.3, -0.25) is 9.59 Å². The van der Waals surface area contributed by atoms with Crippen LogP contribution >= 0.6 is 11.6 Å². The molecule has 4 fully saturated rings. The number of carboxylic acids is 2. The molecule has 0 heterocycles. The lowest BCUT2D eigenvalue weighted by atomic mass is 9.39. The fraction of sp³-hybridized carbons (Fsp3) is 0.867. The average molecular weight is 301 g/mol. The Labute approximate surface area is 123 Å². The maximum atomic E-state index is 11.4. The Morgan fingerprint density at radius 1 is 1.20 bits per heavy atom. The summed E-state index contributed by atoms with van der Waals surface area (Å²) in [5.74, 6) is -1.29. The molecule has 0 aromatic heterocycles. The van der Waals surface area contributed by atoms with Crippen LogP contribution in [0.15, 0.2) is 0 Å². The molecule has 0 aromatic rings. The smallest absolute Gasteiger partial charge is 0.322 e. The van der Waals surface area contributed by atoms with Gasteiger partial charge in [-0.25, -0.2) is 0 Å². The molecule has 5 heteroatoms. The van der Waals surface area contributed by atoms with Crippen LogP contribution in [-0.4, -0.2) is 27.5 Å². The van der Waals surface area contributed by atoms with Gasteiger partial charge in [0.05, 0.1) is 6.42 Å². The Balaban J connectivity index is 1.99. The summed E-state index contributed by atoms with van der Waals surface area (Å²) >= 11 is 6.25. The van der Waals surface area contributed by atoms with E-state index in [1.54, 1.807) is 0 Å². The molecule has 5 atom stereocenters. The van der Waals surface area contributed by atoms with Crippen molar-refractivity contribution < 1.29 is 19.8 Å². The Hall–Kier alpha value is -0.770. The molecule has 4 saturated carbocycles. The van der Waals surface area contributed by atoms with Crippen LogP contribution in [0.1, 0.15) is 51.9 Å². The monoisotopic (exact) mass is 300 g/mol. The van der Waals surface area contributed by atoms with Crippen LogP contribution in [0, 0.1) is 22.2 Å². The van der Waals surface area contributed by atoms with Gasteiger partial charge in [0.15, 0.2) is 0 Å². The minimum absolute atomic E-state index is 0.0669. The van der Waals surface area contributed by atoms with Crippen molar-refractivity contribution in [2.75, 3.05) is 0 Å². The zero-order chi connectivity index (χ0) is 14.8. The van der Waals surface area contributed by atoms with E-state index in [4.69, 9.17) is 11.6 Å². The first kappa shape index (κ1) is 14.2. The third kappa shape index (κ3) is 2.03. The zero-order valence-electron chi connectivity index (χ0n) is 11.7. The second-order valence-electron chi connectivity index (χ2n) is 7.95. The highest BCUT2D eigenvalue weighted by molar-refractivity contribution is 6.30. The van der Waals surface area contributed by atoms with E-state index in [1.165, 1.54) is 0 Å². The zero-order valence-corrected chi connectivity index (χ0v) is 12.4. The van der Waals surface area contributed by atoms with Gasteiger partial charge in [0.25, 0.3) is 0 Å². The summed E-state index contributed by atoms with van der Waals surface area (Å²) in [7, 11) is 0. The molecule has 4 nitrogen and oxygen atoms in total. The van der Waals surface area contributed by atoms with E-state index in [0.29, 0.717) is 12.3 Å². The molecule has 0 aromatic carbocycles. The van der Waals surface area contributed by atoms with E-state index in [1.807, 2.05) is 0 Å². The molecular formula is C15H21ClO4. The van der Waals surface area contributed by atoms with Gasteiger partial charge in [0.2, 0.25) is 0 Å². The molecule has 20 heavy (non-hydrogen) atoms.